The van der Waals surface area contributed by atoms with Gasteiger partial charge in [0.15, 0.2) is 0 Å². The van der Waals surface area contributed by atoms with Gasteiger partial charge in [0.25, 0.3) is 5.91 Å². The van der Waals surface area contributed by atoms with Crippen LogP contribution in [0, 0.1) is 5.92 Å². The second-order valence-electron chi connectivity index (χ2n) is 4.92. The Kier molecular flexibility index (Phi) is 6.36. The average molecular weight is 265 g/mol. The van der Waals surface area contributed by atoms with Gasteiger partial charge in [0, 0.05) is 6.54 Å². The van der Waals surface area contributed by atoms with Crippen LogP contribution < -0.4 is 10.1 Å². The van der Waals surface area contributed by atoms with E-state index in [1.165, 1.54) is 0 Å². The van der Waals surface area contributed by atoms with Gasteiger partial charge >= 0.3 is 0 Å². The number of carbonyl (C=O) groups is 1. The highest BCUT2D eigenvalue weighted by Crippen LogP contribution is 2.17. The van der Waals surface area contributed by atoms with Crippen LogP contribution in [0.15, 0.2) is 24.3 Å². The van der Waals surface area contributed by atoms with Crippen LogP contribution in [-0.4, -0.2) is 30.3 Å². The van der Waals surface area contributed by atoms with Gasteiger partial charge in [-0.1, -0.05) is 26.0 Å². The first-order valence-electron chi connectivity index (χ1n) is 6.72. The second-order valence-corrected chi connectivity index (χ2v) is 4.92. The lowest BCUT2D eigenvalue weighted by Crippen LogP contribution is -2.33. The summed E-state index contributed by atoms with van der Waals surface area (Å²) in [5, 5.41) is 12.5. The summed E-state index contributed by atoms with van der Waals surface area (Å²) in [6.07, 6.45) is 0.163. The predicted molar refractivity (Wildman–Crippen MR) is 75.4 cm³/mol. The maximum atomic E-state index is 12.0. The van der Waals surface area contributed by atoms with Crippen molar-refractivity contribution in [1.29, 1.82) is 0 Å². The van der Waals surface area contributed by atoms with E-state index in [1.54, 1.807) is 18.2 Å². The zero-order chi connectivity index (χ0) is 14.3. The Morgan fingerprint density at radius 1 is 1.37 bits per heavy atom. The molecule has 1 atom stereocenters. The van der Waals surface area contributed by atoms with Gasteiger partial charge in [-0.25, -0.2) is 0 Å². The lowest BCUT2D eigenvalue weighted by molar-refractivity contribution is 0.0896. The van der Waals surface area contributed by atoms with E-state index in [2.05, 4.69) is 5.32 Å². The van der Waals surface area contributed by atoms with Crippen LogP contribution in [0.2, 0.25) is 0 Å². The van der Waals surface area contributed by atoms with Gasteiger partial charge < -0.3 is 15.2 Å². The number of para-hydroxylation sites is 1. The minimum absolute atomic E-state index is 0.216. The predicted octanol–water partition coefficient (Wildman–Crippen LogP) is 2.22. The Morgan fingerprint density at radius 2 is 2.05 bits per heavy atom. The number of amides is 1. The van der Waals surface area contributed by atoms with Crippen LogP contribution in [0.4, 0.5) is 0 Å². The molecule has 1 unspecified atom stereocenters. The number of carbonyl (C=O) groups excluding carboxylic acids is 1. The highest BCUT2D eigenvalue weighted by molar-refractivity contribution is 5.96. The first-order valence-corrected chi connectivity index (χ1v) is 6.72. The largest absolute Gasteiger partial charge is 0.493 e. The first kappa shape index (κ1) is 15.5. The third-order valence-corrected chi connectivity index (χ3v) is 2.67. The molecule has 1 rings (SSSR count). The van der Waals surface area contributed by atoms with E-state index in [0.717, 1.165) is 0 Å². The molecule has 106 valence electrons. The number of hydrogen-bond acceptors (Lipinski definition) is 3. The molecule has 0 radical (unpaired) electrons. The van der Waals surface area contributed by atoms with Crippen molar-refractivity contribution in [2.24, 2.45) is 5.92 Å². The molecule has 0 fully saturated rings. The van der Waals surface area contributed by atoms with Crippen LogP contribution in [0.3, 0.4) is 0 Å². The van der Waals surface area contributed by atoms with E-state index < -0.39 is 6.10 Å². The molecule has 0 spiro atoms. The van der Waals surface area contributed by atoms with E-state index >= 15 is 0 Å². The van der Waals surface area contributed by atoms with Crippen molar-refractivity contribution in [2.75, 3.05) is 13.2 Å². The lowest BCUT2D eigenvalue weighted by atomic mass is 10.1. The molecule has 1 aromatic carbocycles. The highest BCUT2D eigenvalue weighted by atomic mass is 16.5. The van der Waals surface area contributed by atoms with Gasteiger partial charge in [-0.2, -0.15) is 0 Å². The molecule has 0 saturated carbocycles. The normalized spacial score (nSPS) is 12.3. The topological polar surface area (TPSA) is 58.6 Å². The van der Waals surface area contributed by atoms with Gasteiger partial charge in [-0.15, -0.1) is 0 Å². The van der Waals surface area contributed by atoms with Gasteiger partial charge in [-0.05, 0) is 31.4 Å². The number of nitrogens with one attached hydrogen (secondary N) is 1. The van der Waals surface area contributed by atoms with Crippen LogP contribution in [0.25, 0.3) is 0 Å². The Morgan fingerprint density at radius 3 is 2.68 bits per heavy atom. The molecule has 4 nitrogen and oxygen atoms in total. The summed E-state index contributed by atoms with van der Waals surface area (Å²) in [6.45, 7) is 6.73. The second kappa shape index (κ2) is 7.79. The fourth-order valence-electron chi connectivity index (χ4n) is 1.87. The molecule has 0 heterocycles. The molecule has 2 N–H and O–H groups in total. The van der Waals surface area contributed by atoms with Crippen molar-refractivity contribution in [1.82, 2.24) is 5.32 Å². The average Bonchev–Trinajstić information content (AvgIpc) is 2.36. The van der Waals surface area contributed by atoms with Crippen LogP contribution in [-0.2, 0) is 0 Å². The zero-order valence-corrected chi connectivity index (χ0v) is 11.8. The minimum Gasteiger partial charge on any atom is -0.493 e. The molecule has 4 heteroatoms. The molecule has 1 aromatic rings. The molecular weight excluding hydrogens is 242 g/mol. The van der Waals surface area contributed by atoms with E-state index in [4.69, 9.17) is 4.74 Å². The van der Waals surface area contributed by atoms with Gasteiger partial charge in [0.05, 0.1) is 18.3 Å². The summed E-state index contributed by atoms with van der Waals surface area (Å²) in [5.74, 6) is 0.760. The van der Waals surface area contributed by atoms with E-state index in [9.17, 15) is 9.90 Å². The Labute approximate surface area is 114 Å². The highest BCUT2D eigenvalue weighted by Gasteiger charge is 2.13. The van der Waals surface area contributed by atoms with Crippen molar-refractivity contribution < 1.29 is 14.6 Å². The SMILES string of the molecule is CCOc1ccccc1C(=O)NCC(O)CC(C)C. The fourth-order valence-corrected chi connectivity index (χ4v) is 1.87. The number of rotatable bonds is 7. The summed E-state index contributed by atoms with van der Waals surface area (Å²) >= 11 is 0. The molecule has 0 aliphatic heterocycles. The Bertz CT molecular complexity index is 404. The molecule has 0 aromatic heterocycles. The maximum Gasteiger partial charge on any atom is 0.255 e. The summed E-state index contributed by atoms with van der Waals surface area (Å²) in [7, 11) is 0. The standard InChI is InChI=1S/C15H23NO3/c1-4-19-14-8-6-5-7-13(14)15(18)16-10-12(17)9-11(2)3/h5-8,11-12,17H,4,9-10H2,1-3H3,(H,16,18). The van der Waals surface area contributed by atoms with Crippen LogP contribution >= 0.6 is 0 Å². The number of hydrogen-bond donors (Lipinski definition) is 2. The maximum absolute atomic E-state index is 12.0. The van der Waals surface area contributed by atoms with E-state index in [0.29, 0.717) is 30.3 Å². The molecular formula is C15H23NO3. The summed E-state index contributed by atoms with van der Waals surface area (Å²) < 4.78 is 5.41. The van der Waals surface area contributed by atoms with Gasteiger partial charge in [-0.3, -0.25) is 4.79 Å². The Balaban J connectivity index is 2.58. The molecule has 19 heavy (non-hydrogen) atoms. The third kappa shape index (κ3) is 5.30. The van der Waals surface area contributed by atoms with E-state index in [-0.39, 0.29) is 12.5 Å². The Hall–Kier alpha value is -1.55. The number of aliphatic hydroxyl groups excluding tert-OH is 1. The molecule has 0 saturated heterocycles. The lowest BCUT2D eigenvalue weighted by Gasteiger charge is -2.15. The third-order valence-electron chi connectivity index (χ3n) is 2.67. The molecule has 1 amide bonds. The zero-order valence-electron chi connectivity index (χ0n) is 11.8. The number of aliphatic hydroxyl groups is 1. The van der Waals surface area contributed by atoms with Gasteiger partial charge in [0.1, 0.15) is 5.75 Å². The van der Waals surface area contributed by atoms with Crippen LogP contribution in [0.1, 0.15) is 37.6 Å². The summed E-state index contributed by atoms with van der Waals surface area (Å²) in [5.41, 5.74) is 0.501. The quantitative estimate of drug-likeness (QED) is 0.794. The minimum atomic E-state index is -0.511. The van der Waals surface area contributed by atoms with Crippen molar-refractivity contribution in [3.63, 3.8) is 0 Å². The summed E-state index contributed by atoms with van der Waals surface area (Å²) in [4.78, 5) is 12.0. The van der Waals surface area contributed by atoms with Crippen molar-refractivity contribution in [3.05, 3.63) is 29.8 Å². The van der Waals surface area contributed by atoms with Crippen molar-refractivity contribution in [2.45, 2.75) is 33.3 Å². The number of ether oxygens (including phenoxy) is 1. The fraction of sp³-hybridized carbons (Fsp3) is 0.533. The summed E-state index contributed by atoms with van der Waals surface area (Å²) in [6, 6.07) is 7.11. The number of benzene rings is 1. The van der Waals surface area contributed by atoms with Gasteiger partial charge in [0.2, 0.25) is 0 Å². The van der Waals surface area contributed by atoms with E-state index in [1.807, 2.05) is 26.8 Å². The van der Waals surface area contributed by atoms with Crippen molar-refractivity contribution in [3.8, 4) is 5.75 Å². The first-order chi connectivity index (χ1) is 9.04. The molecule has 0 bridgehead atoms. The monoisotopic (exact) mass is 265 g/mol. The molecule has 0 aliphatic rings. The molecule has 0 aliphatic carbocycles. The van der Waals surface area contributed by atoms with Crippen LogP contribution in [0.5, 0.6) is 5.75 Å². The van der Waals surface area contributed by atoms with Crippen molar-refractivity contribution >= 4 is 5.91 Å². The smallest absolute Gasteiger partial charge is 0.255 e.